The highest BCUT2D eigenvalue weighted by atomic mass is 16.5. The van der Waals surface area contributed by atoms with Gasteiger partial charge in [0.2, 0.25) is 0 Å². The Bertz CT molecular complexity index is 1060. The van der Waals surface area contributed by atoms with Gasteiger partial charge >= 0.3 is 0 Å². The third kappa shape index (κ3) is 3.12. The number of likely N-dealkylation sites (tertiary alicyclic amines) is 1. The molecule has 5 heteroatoms. The van der Waals surface area contributed by atoms with Crippen molar-refractivity contribution in [1.29, 1.82) is 0 Å². The van der Waals surface area contributed by atoms with Gasteiger partial charge in [0.1, 0.15) is 11.4 Å². The Kier molecular flexibility index (Phi) is 4.83. The lowest BCUT2D eigenvalue weighted by Gasteiger charge is -2.29. The van der Waals surface area contributed by atoms with Crippen LogP contribution in [-0.4, -0.2) is 39.8 Å². The first kappa shape index (κ1) is 19.6. The van der Waals surface area contributed by atoms with Crippen molar-refractivity contribution in [3.8, 4) is 5.75 Å². The molecule has 0 unspecified atom stereocenters. The third-order valence-electron chi connectivity index (χ3n) is 7.29. The minimum absolute atomic E-state index is 0.252. The molecule has 0 amide bonds. The van der Waals surface area contributed by atoms with E-state index in [4.69, 9.17) is 4.74 Å². The Morgan fingerprint density at radius 3 is 2.83 bits per heavy atom. The van der Waals surface area contributed by atoms with Crippen LogP contribution in [0, 0.1) is 18.8 Å². The largest absolute Gasteiger partial charge is 0.497 e. The van der Waals surface area contributed by atoms with Gasteiger partial charge in [0.25, 0.3) is 0 Å². The van der Waals surface area contributed by atoms with Gasteiger partial charge in [0.15, 0.2) is 0 Å². The van der Waals surface area contributed by atoms with Gasteiger partial charge in [-0.15, -0.1) is 0 Å². The predicted octanol–water partition coefficient (Wildman–Crippen LogP) is 4.10. The zero-order chi connectivity index (χ0) is 20.9. The fourth-order valence-electron chi connectivity index (χ4n) is 5.66. The molecule has 2 fully saturated rings. The number of aliphatic hydroxyl groups is 1. The molecular formula is C25H31N3O2. The van der Waals surface area contributed by atoms with Crippen LogP contribution in [0.3, 0.4) is 0 Å². The molecule has 1 aliphatic carbocycles. The second-order valence-corrected chi connectivity index (χ2v) is 9.07. The van der Waals surface area contributed by atoms with Crippen LogP contribution in [-0.2, 0) is 18.7 Å². The maximum absolute atomic E-state index is 11.6. The van der Waals surface area contributed by atoms with Crippen molar-refractivity contribution in [2.24, 2.45) is 11.8 Å². The van der Waals surface area contributed by atoms with Gasteiger partial charge in [0, 0.05) is 55.4 Å². The molecule has 3 aromatic rings. The van der Waals surface area contributed by atoms with Crippen molar-refractivity contribution in [3.63, 3.8) is 0 Å². The monoisotopic (exact) mass is 405 g/mol. The van der Waals surface area contributed by atoms with Crippen LogP contribution in [0.2, 0.25) is 0 Å². The van der Waals surface area contributed by atoms with Gasteiger partial charge < -0.3 is 14.4 Å². The van der Waals surface area contributed by atoms with Crippen molar-refractivity contribution >= 4 is 10.9 Å². The molecule has 1 N–H and O–H groups in total. The van der Waals surface area contributed by atoms with Crippen molar-refractivity contribution < 1.29 is 9.84 Å². The summed E-state index contributed by atoms with van der Waals surface area (Å²) in [5.41, 5.74) is 3.77. The summed E-state index contributed by atoms with van der Waals surface area (Å²) >= 11 is 0. The molecule has 3 heterocycles. The molecule has 30 heavy (non-hydrogen) atoms. The van der Waals surface area contributed by atoms with E-state index >= 15 is 0 Å². The number of hydrogen-bond donors (Lipinski definition) is 1. The lowest BCUT2D eigenvalue weighted by molar-refractivity contribution is -0.0108. The van der Waals surface area contributed by atoms with Crippen LogP contribution in [0.5, 0.6) is 5.75 Å². The number of benzene rings is 1. The molecule has 5 nitrogen and oxygen atoms in total. The van der Waals surface area contributed by atoms with E-state index in [1.165, 1.54) is 16.5 Å². The standard InChI is InChI=1S/C25H31N3O2/c1-4-28-15-19(21-11-20(30-3)6-7-23(21)28)14-27-13-18-9-10-25(29,22(18)16-27)24-8-5-17(2)12-26-24/h5-8,11-12,15,18,22,29H,4,9-10,13-14,16H2,1-3H3/t18-,22+,25-/m0/s1. The smallest absolute Gasteiger partial charge is 0.119 e. The molecule has 3 atom stereocenters. The minimum Gasteiger partial charge on any atom is -0.497 e. The fraction of sp³-hybridized carbons (Fsp3) is 0.480. The predicted molar refractivity (Wildman–Crippen MR) is 119 cm³/mol. The maximum atomic E-state index is 11.6. The Labute approximate surface area is 178 Å². The van der Waals surface area contributed by atoms with Crippen molar-refractivity contribution in [2.45, 2.75) is 45.4 Å². The van der Waals surface area contributed by atoms with E-state index in [0.29, 0.717) is 5.92 Å². The van der Waals surface area contributed by atoms with Gasteiger partial charge in [-0.05, 0) is 68.0 Å². The molecule has 0 spiro atoms. The van der Waals surface area contributed by atoms with E-state index in [0.717, 1.165) is 56.0 Å². The van der Waals surface area contributed by atoms with Gasteiger partial charge in [-0.1, -0.05) is 6.07 Å². The van der Waals surface area contributed by atoms with Crippen LogP contribution in [0.4, 0.5) is 0 Å². The number of hydrogen-bond acceptors (Lipinski definition) is 4. The van der Waals surface area contributed by atoms with Gasteiger partial charge in [-0.25, -0.2) is 0 Å². The molecule has 1 saturated carbocycles. The topological polar surface area (TPSA) is 50.5 Å². The summed E-state index contributed by atoms with van der Waals surface area (Å²) in [6.07, 6.45) is 6.04. The number of rotatable bonds is 5. The Morgan fingerprint density at radius 2 is 2.10 bits per heavy atom. The van der Waals surface area contributed by atoms with Crippen molar-refractivity contribution in [1.82, 2.24) is 14.5 Å². The first-order chi connectivity index (χ1) is 14.5. The number of ether oxygens (including phenoxy) is 1. The number of nitrogens with zero attached hydrogens (tertiary/aromatic N) is 3. The SMILES string of the molecule is CCn1cc(CN2C[C@@H]3CC[C@@](O)(c4ccc(C)cn4)[C@@H]3C2)c2cc(OC)ccc21. The number of aromatic nitrogens is 2. The molecule has 0 radical (unpaired) electrons. The van der Waals surface area contributed by atoms with E-state index < -0.39 is 5.60 Å². The van der Waals surface area contributed by atoms with Crippen LogP contribution in [0.25, 0.3) is 10.9 Å². The van der Waals surface area contributed by atoms with Crippen LogP contribution >= 0.6 is 0 Å². The molecule has 1 aromatic carbocycles. The van der Waals surface area contributed by atoms with Crippen molar-refractivity contribution in [3.05, 3.63) is 59.5 Å². The maximum Gasteiger partial charge on any atom is 0.119 e. The first-order valence-electron chi connectivity index (χ1n) is 11.1. The second kappa shape index (κ2) is 7.40. The fourth-order valence-corrected chi connectivity index (χ4v) is 5.66. The number of aryl methyl sites for hydroxylation is 2. The summed E-state index contributed by atoms with van der Waals surface area (Å²) < 4.78 is 7.79. The highest BCUT2D eigenvalue weighted by molar-refractivity contribution is 5.85. The van der Waals surface area contributed by atoms with E-state index in [-0.39, 0.29) is 5.92 Å². The molecule has 5 rings (SSSR count). The zero-order valence-corrected chi connectivity index (χ0v) is 18.1. The molecule has 1 saturated heterocycles. The summed E-state index contributed by atoms with van der Waals surface area (Å²) in [5, 5.41) is 12.8. The Hall–Kier alpha value is -2.37. The van der Waals surface area contributed by atoms with E-state index in [2.05, 4.69) is 45.8 Å². The normalized spacial score (nSPS) is 26.4. The van der Waals surface area contributed by atoms with Crippen LogP contribution in [0.15, 0.2) is 42.7 Å². The van der Waals surface area contributed by atoms with Crippen LogP contribution in [0.1, 0.15) is 36.6 Å². The zero-order valence-electron chi connectivity index (χ0n) is 18.1. The first-order valence-corrected chi connectivity index (χ1v) is 11.1. The van der Waals surface area contributed by atoms with Crippen molar-refractivity contribution in [2.75, 3.05) is 20.2 Å². The van der Waals surface area contributed by atoms with Gasteiger partial charge in [0.05, 0.1) is 12.8 Å². The number of pyridine rings is 1. The van der Waals surface area contributed by atoms with E-state index in [1.807, 2.05) is 25.3 Å². The third-order valence-corrected chi connectivity index (χ3v) is 7.29. The average Bonchev–Trinajstić information content (AvgIpc) is 3.42. The highest BCUT2D eigenvalue weighted by Crippen LogP contribution is 2.50. The number of fused-ring (bicyclic) bond motifs is 2. The van der Waals surface area contributed by atoms with Gasteiger partial charge in [-0.3, -0.25) is 9.88 Å². The quantitative estimate of drug-likeness (QED) is 0.694. The average molecular weight is 406 g/mol. The molecule has 2 aromatic heterocycles. The molecule has 2 aliphatic rings. The molecular weight excluding hydrogens is 374 g/mol. The Balaban J connectivity index is 1.40. The second-order valence-electron chi connectivity index (χ2n) is 9.07. The minimum atomic E-state index is -0.798. The molecule has 1 aliphatic heterocycles. The summed E-state index contributed by atoms with van der Waals surface area (Å²) in [6, 6.07) is 10.4. The summed E-state index contributed by atoms with van der Waals surface area (Å²) in [4.78, 5) is 7.11. The molecule has 0 bridgehead atoms. The number of methoxy groups -OCH3 is 1. The highest BCUT2D eigenvalue weighted by Gasteiger charge is 2.53. The Morgan fingerprint density at radius 1 is 1.23 bits per heavy atom. The lowest BCUT2D eigenvalue weighted by atomic mass is 9.85. The summed E-state index contributed by atoms with van der Waals surface area (Å²) in [7, 11) is 1.72. The lowest BCUT2D eigenvalue weighted by Crippen LogP contribution is -2.35. The summed E-state index contributed by atoms with van der Waals surface area (Å²) in [6.45, 7) is 8.04. The molecule has 158 valence electrons. The van der Waals surface area contributed by atoms with E-state index in [9.17, 15) is 5.11 Å². The summed E-state index contributed by atoms with van der Waals surface area (Å²) in [5.74, 6) is 1.68. The van der Waals surface area contributed by atoms with Gasteiger partial charge in [-0.2, -0.15) is 0 Å². The van der Waals surface area contributed by atoms with E-state index in [1.54, 1.807) is 7.11 Å². The van der Waals surface area contributed by atoms with Crippen LogP contribution < -0.4 is 4.74 Å².